The molecule has 1 rings (SSSR count). The van der Waals surface area contributed by atoms with Crippen molar-refractivity contribution >= 4 is 5.91 Å². The van der Waals surface area contributed by atoms with Crippen LogP contribution >= 0.6 is 0 Å². The maximum atomic E-state index is 11.9. The summed E-state index contributed by atoms with van der Waals surface area (Å²) in [6, 6.07) is 12.3. The van der Waals surface area contributed by atoms with Crippen molar-refractivity contribution in [3.8, 4) is 6.07 Å². The van der Waals surface area contributed by atoms with Crippen LogP contribution in [-0.4, -0.2) is 32.2 Å². The summed E-state index contributed by atoms with van der Waals surface area (Å²) >= 11 is 0. The van der Waals surface area contributed by atoms with E-state index in [-0.39, 0.29) is 11.5 Å². The van der Waals surface area contributed by atoms with Gasteiger partial charge in [-0.2, -0.15) is 5.26 Å². The predicted molar refractivity (Wildman–Crippen MR) is 104 cm³/mol. The zero-order valence-corrected chi connectivity index (χ0v) is 15.8. The molecule has 0 radical (unpaired) electrons. The SMILES string of the molecule is CCCCOCCCNC(=O)/C(C#N)=C\NCCCCc1ccccc1. The van der Waals surface area contributed by atoms with Gasteiger partial charge in [-0.1, -0.05) is 43.7 Å². The topological polar surface area (TPSA) is 74.1 Å². The van der Waals surface area contributed by atoms with Crippen LogP contribution in [0.2, 0.25) is 0 Å². The maximum Gasteiger partial charge on any atom is 0.263 e. The molecule has 1 aromatic carbocycles. The van der Waals surface area contributed by atoms with Crippen LogP contribution in [0.3, 0.4) is 0 Å². The largest absolute Gasteiger partial charge is 0.390 e. The summed E-state index contributed by atoms with van der Waals surface area (Å²) in [5, 5.41) is 14.9. The van der Waals surface area contributed by atoms with Gasteiger partial charge >= 0.3 is 0 Å². The number of aryl methyl sites for hydroxylation is 1. The number of ether oxygens (including phenoxy) is 1. The molecule has 5 heteroatoms. The van der Waals surface area contributed by atoms with E-state index in [9.17, 15) is 4.79 Å². The van der Waals surface area contributed by atoms with Gasteiger partial charge in [-0.05, 0) is 37.7 Å². The van der Waals surface area contributed by atoms with Gasteiger partial charge in [-0.3, -0.25) is 4.79 Å². The number of unbranched alkanes of at least 4 members (excludes halogenated alkanes) is 2. The second-order valence-electron chi connectivity index (χ2n) is 6.14. The highest BCUT2D eigenvalue weighted by atomic mass is 16.5. The predicted octanol–water partition coefficient (Wildman–Crippen LogP) is 3.33. The fraction of sp³-hybridized carbons (Fsp3) is 0.524. The lowest BCUT2D eigenvalue weighted by molar-refractivity contribution is -0.117. The fourth-order valence-electron chi connectivity index (χ4n) is 2.34. The number of amides is 1. The van der Waals surface area contributed by atoms with Crippen molar-refractivity contribution in [3.63, 3.8) is 0 Å². The Kier molecular flexibility index (Phi) is 12.5. The van der Waals surface area contributed by atoms with Crippen LogP contribution in [-0.2, 0) is 16.0 Å². The molecule has 0 spiro atoms. The van der Waals surface area contributed by atoms with E-state index < -0.39 is 0 Å². The third kappa shape index (κ3) is 10.5. The minimum Gasteiger partial charge on any atom is -0.390 e. The smallest absolute Gasteiger partial charge is 0.263 e. The number of benzene rings is 1. The van der Waals surface area contributed by atoms with Gasteiger partial charge in [-0.15, -0.1) is 0 Å². The molecule has 0 bridgehead atoms. The second-order valence-corrected chi connectivity index (χ2v) is 6.14. The molecule has 0 saturated carbocycles. The fourth-order valence-corrected chi connectivity index (χ4v) is 2.34. The minimum atomic E-state index is -0.335. The molecule has 1 aromatic rings. The average molecular weight is 357 g/mol. The molecule has 0 saturated heterocycles. The molecule has 0 heterocycles. The summed E-state index contributed by atoms with van der Waals surface area (Å²) in [7, 11) is 0. The number of hydrogen-bond donors (Lipinski definition) is 2. The number of hydrogen-bond acceptors (Lipinski definition) is 4. The first kappa shape index (κ1) is 21.7. The molecule has 1 amide bonds. The average Bonchev–Trinajstić information content (AvgIpc) is 2.67. The molecule has 0 atom stereocenters. The van der Waals surface area contributed by atoms with Gasteiger partial charge in [0.25, 0.3) is 5.91 Å². The van der Waals surface area contributed by atoms with Gasteiger partial charge in [0.1, 0.15) is 11.6 Å². The van der Waals surface area contributed by atoms with Crippen molar-refractivity contribution in [3.05, 3.63) is 47.7 Å². The van der Waals surface area contributed by atoms with E-state index in [0.717, 1.165) is 51.7 Å². The van der Waals surface area contributed by atoms with Gasteiger partial charge in [0.05, 0.1) is 0 Å². The van der Waals surface area contributed by atoms with Crippen LogP contribution in [0.15, 0.2) is 42.1 Å². The molecule has 142 valence electrons. The molecular formula is C21H31N3O2. The van der Waals surface area contributed by atoms with Crippen LogP contribution < -0.4 is 10.6 Å². The lowest BCUT2D eigenvalue weighted by Gasteiger charge is -2.06. The number of nitrogens with one attached hydrogen (secondary N) is 2. The maximum absolute atomic E-state index is 11.9. The highest BCUT2D eigenvalue weighted by Gasteiger charge is 2.07. The Morgan fingerprint density at radius 1 is 1.12 bits per heavy atom. The van der Waals surface area contributed by atoms with E-state index in [0.29, 0.717) is 13.2 Å². The molecule has 5 nitrogen and oxygen atoms in total. The first-order chi connectivity index (χ1) is 12.8. The van der Waals surface area contributed by atoms with Crippen molar-refractivity contribution in [1.29, 1.82) is 5.26 Å². The molecule has 0 fully saturated rings. The van der Waals surface area contributed by atoms with E-state index in [1.54, 1.807) is 0 Å². The monoisotopic (exact) mass is 357 g/mol. The standard InChI is InChI=1S/C21H31N3O2/c1-2-3-15-26-16-9-14-24-21(25)20(17-22)18-23-13-8-7-12-19-10-5-4-6-11-19/h4-6,10-11,18,23H,2-3,7-9,12-16H2,1H3,(H,24,25)/b20-18-. The molecule has 26 heavy (non-hydrogen) atoms. The third-order valence-electron chi connectivity index (χ3n) is 3.88. The number of nitrogens with zero attached hydrogens (tertiary/aromatic N) is 1. The third-order valence-corrected chi connectivity index (χ3v) is 3.88. The van der Waals surface area contributed by atoms with E-state index in [4.69, 9.17) is 10.00 Å². The van der Waals surface area contributed by atoms with Crippen molar-refractivity contribution < 1.29 is 9.53 Å². The van der Waals surface area contributed by atoms with E-state index >= 15 is 0 Å². The first-order valence-corrected chi connectivity index (χ1v) is 9.51. The summed E-state index contributed by atoms with van der Waals surface area (Å²) in [5.41, 5.74) is 1.44. The second kappa shape index (κ2) is 15.0. The van der Waals surface area contributed by atoms with Crippen LogP contribution in [0.25, 0.3) is 0 Å². The van der Waals surface area contributed by atoms with Gasteiger partial charge in [0, 0.05) is 32.5 Å². The normalized spacial score (nSPS) is 11.0. The van der Waals surface area contributed by atoms with Crippen molar-refractivity contribution in [2.45, 2.75) is 45.4 Å². The van der Waals surface area contributed by atoms with Crippen LogP contribution in [0.1, 0.15) is 44.6 Å². The molecule has 0 aliphatic heterocycles. The summed E-state index contributed by atoms with van der Waals surface area (Å²) in [6.45, 7) is 4.78. The Morgan fingerprint density at radius 2 is 1.88 bits per heavy atom. The Morgan fingerprint density at radius 3 is 2.62 bits per heavy atom. The van der Waals surface area contributed by atoms with Crippen molar-refractivity contribution in [2.24, 2.45) is 0 Å². The summed E-state index contributed by atoms with van der Waals surface area (Å²) < 4.78 is 5.43. The van der Waals surface area contributed by atoms with Crippen molar-refractivity contribution in [1.82, 2.24) is 10.6 Å². The minimum absolute atomic E-state index is 0.111. The van der Waals surface area contributed by atoms with E-state index in [2.05, 4.69) is 29.7 Å². The van der Waals surface area contributed by atoms with Crippen LogP contribution in [0.5, 0.6) is 0 Å². The first-order valence-electron chi connectivity index (χ1n) is 9.51. The highest BCUT2D eigenvalue weighted by Crippen LogP contribution is 2.03. The molecule has 0 aromatic heterocycles. The number of carbonyl (C=O) groups excluding carboxylic acids is 1. The molecule has 0 aliphatic carbocycles. The van der Waals surface area contributed by atoms with Gasteiger partial charge in [0.2, 0.25) is 0 Å². The summed E-state index contributed by atoms with van der Waals surface area (Å²) in [5.74, 6) is -0.335. The molecule has 0 unspecified atom stereocenters. The van der Waals surface area contributed by atoms with Gasteiger partial charge < -0.3 is 15.4 Å². The molecule has 2 N–H and O–H groups in total. The zero-order chi connectivity index (χ0) is 18.9. The number of carbonyl (C=O) groups is 1. The zero-order valence-electron chi connectivity index (χ0n) is 15.8. The van der Waals surface area contributed by atoms with Crippen LogP contribution in [0.4, 0.5) is 0 Å². The van der Waals surface area contributed by atoms with Crippen LogP contribution in [0, 0.1) is 11.3 Å². The van der Waals surface area contributed by atoms with Gasteiger partial charge in [0.15, 0.2) is 0 Å². The Bertz CT molecular complexity index is 564. The lowest BCUT2D eigenvalue weighted by atomic mass is 10.1. The van der Waals surface area contributed by atoms with E-state index in [1.165, 1.54) is 11.8 Å². The van der Waals surface area contributed by atoms with Gasteiger partial charge in [-0.25, -0.2) is 0 Å². The quantitative estimate of drug-likeness (QED) is 0.304. The Hall–Kier alpha value is -2.32. The summed E-state index contributed by atoms with van der Waals surface area (Å²) in [4.78, 5) is 11.9. The summed E-state index contributed by atoms with van der Waals surface area (Å²) in [6.07, 6.45) is 7.53. The number of nitriles is 1. The number of rotatable bonds is 14. The molecule has 0 aliphatic rings. The Labute approximate surface area is 157 Å². The van der Waals surface area contributed by atoms with E-state index in [1.807, 2.05) is 24.3 Å². The molecular weight excluding hydrogens is 326 g/mol. The van der Waals surface area contributed by atoms with Crippen molar-refractivity contribution in [2.75, 3.05) is 26.3 Å². The Balaban J connectivity index is 2.11. The lowest BCUT2D eigenvalue weighted by Crippen LogP contribution is -2.27. The highest BCUT2D eigenvalue weighted by molar-refractivity contribution is 5.97.